The van der Waals surface area contributed by atoms with Crippen molar-refractivity contribution < 1.29 is 54.7 Å². The predicted octanol–water partition coefficient (Wildman–Crippen LogP) is 7.77. The molecule has 0 unspecified atom stereocenters. The monoisotopic (exact) mass is 1110 g/mol. The summed E-state index contributed by atoms with van der Waals surface area (Å²) in [7, 11) is -8.61. The number of carbonyl (C=O) groups excluding carboxylic acids is 2. The number of benzene rings is 2. The Labute approximate surface area is 417 Å². The number of rotatable bonds is 8. The fraction of sp³-hybridized carbons (Fsp3) is 0.532. The summed E-state index contributed by atoms with van der Waals surface area (Å²) in [6.45, 7) is 20.8. The highest BCUT2D eigenvalue weighted by Gasteiger charge is 2.56. The zero-order chi connectivity index (χ0) is 50.6. The molecule has 21 heteroatoms. The smallest absolute Gasteiger partial charge is 0.459 e. The largest absolute Gasteiger partial charge is 0.494 e. The van der Waals surface area contributed by atoms with Crippen molar-refractivity contribution in [3.05, 3.63) is 88.2 Å². The first-order valence-corrected chi connectivity index (χ1v) is 26.6. The molecule has 0 radical (unpaired) electrons. The van der Waals surface area contributed by atoms with E-state index in [0.717, 1.165) is 21.3 Å². The molecule has 3 aliphatic rings. The van der Waals surface area contributed by atoms with E-state index in [-0.39, 0.29) is 61.9 Å². The van der Waals surface area contributed by atoms with Gasteiger partial charge in [-0.2, -0.15) is 0 Å². The highest BCUT2D eigenvalue weighted by Crippen LogP contribution is 2.40. The maximum absolute atomic E-state index is 13.7. The van der Waals surface area contributed by atoms with Gasteiger partial charge in [0.25, 0.3) is 0 Å². The van der Waals surface area contributed by atoms with E-state index in [4.69, 9.17) is 28.3 Å². The number of esters is 2. The number of halogens is 2. The van der Waals surface area contributed by atoms with Crippen molar-refractivity contribution in [1.82, 2.24) is 19.9 Å². The summed E-state index contributed by atoms with van der Waals surface area (Å²) >= 11 is 6.40. The van der Waals surface area contributed by atoms with Crippen LogP contribution in [0.2, 0.25) is 0 Å². The molecule has 0 aliphatic carbocycles. The molecule has 0 spiro atoms. The standard InChI is InChI=1S/C22H33BO7S.C20H23BrN2O5S.C5H5BrN2/c1-19(2,3)28-18(24)22(12-14-27-15-13-22)31(25,26)17-10-8-16(9-11-17)23-29-20(4,5)21(6,7)30-23;1-19(2,3)28-18(24)20(8-10-27-11-9-20)29(25,26)15-6-4-14(5-7-15)16-12-23-17(21)13-22-16;1-4-2-8-5(6)3-7-4/h8-11H,12-15H2,1-7H3;4-7,12-13H,8-11H2,1-3H3;2-3H,1H3. The maximum atomic E-state index is 13.7. The van der Waals surface area contributed by atoms with Crippen LogP contribution in [0.15, 0.2) is 92.3 Å². The van der Waals surface area contributed by atoms with Gasteiger partial charge in [0.2, 0.25) is 0 Å². The number of hydrogen-bond acceptors (Lipinski definition) is 16. The van der Waals surface area contributed by atoms with Gasteiger partial charge in [0, 0.05) is 63.9 Å². The number of nitrogens with zero attached hydrogens (tertiary/aromatic N) is 4. The lowest BCUT2D eigenvalue weighted by molar-refractivity contribution is -0.161. The lowest BCUT2D eigenvalue weighted by atomic mass is 9.79. The van der Waals surface area contributed by atoms with Crippen molar-refractivity contribution in [2.24, 2.45) is 0 Å². The molecule has 7 rings (SSSR count). The van der Waals surface area contributed by atoms with E-state index in [0.29, 0.717) is 10.3 Å². The fourth-order valence-corrected chi connectivity index (χ4v) is 11.4. The average Bonchev–Trinajstić information content (AvgIpc) is 3.50. The van der Waals surface area contributed by atoms with Crippen LogP contribution in [-0.2, 0) is 57.5 Å². The Morgan fingerprint density at radius 2 is 0.971 bits per heavy atom. The summed E-state index contributed by atoms with van der Waals surface area (Å²) in [5, 5.41) is 0. The third-order valence-electron chi connectivity index (χ3n) is 11.7. The first kappa shape index (κ1) is 55.2. The number of aromatic nitrogens is 4. The summed E-state index contributed by atoms with van der Waals surface area (Å²) < 4.78 is 86.3. The molecule has 0 N–H and O–H groups in total. The third-order valence-corrected chi connectivity index (χ3v) is 17.5. The minimum Gasteiger partial charge on any atom is -0.459 e. The van der Waals surface area contributed by atoms with E-state index < -0.39 is 70.6 Å². The second-order valence-electron chi connectivity index (χ2n) is 19.6. The van der Waals surface area contributed by atoms with Crippen LogP contribution in [0, 0.1) is 6.92 Å². The Hall–Kier alpha value is -3.70. The predicted molar refractivity (Wildman–Crippen MR) is 263 cm³/mol. The number of aryl methyl sites for hydroxylation is 1. The molecule has 0 bridgehead atoms. The van der Waals surface area contributed by atoms with Crippen LogP contribution in [0.5, 0.6) is 0 Å². The first-order valence-electron chi connectivity index (χ1n) is 22.0. The normalized spacial score (nSPS) is 18.8. The van der Waals surface area contributed by atoms with Crippen LogP contribution in [-0.4, -0.2) is 114 Å². The number of ether oxygens (including phenoxy) is 4. The highest BCUT2D eigenvalue weighted by atomic mass is 79.9. The summed E-state index contributed by atoms with van der Waals surface area (Å²) in [6.07, 6.45) is 6.79. The van der Waals surface area contributed by atoms with Gasteiger partial charge in [-0.3, -0.25) is 19.6 Å². The van der Waals surface area contributed by atoms with Crippen molar-refractivity contribution in [2.75, 3.05) is 26.4 Å². The minimum atomic E-state index is -4.02. The second kappa shape index (κ2) is 21.3. The van der Waals surface area contributed by atoms with Gasteiger partial charge >= 0.3 is 19.1 Å². The van der Waals surface area contributed by atoms with Gasteiger partial charge < -0.3 is 28.3 Å². The van der Waals surface area contributed by atoms with Gasteiger partial charge in [-0.15, -0.1) is 0 Å². The number of hydrogen-bond donors (Lipinski definition) is 0. The van der Waals surface area contributed by atoms with Crippen molar-refractivity contribution in [1.29, 1.82) is 0 Å². The van der Waals surface area contributed by atoms with Crippen molar-refractivity contribution in [3.8, 4) is 11.3 Å². The van der Waals surface area contributed by atoms with E-state index in [1.165, 1.54) is 24.3 Å². The molecule has 0 amide bonds. The number of sulfone groups is 2. The quantitative estimate of drug-likeness (QED) is 0.122. The lowest BCUT2D eigenvalue weighted by Gasteiger charge is -2.36. The van der Waals surface area contributed by atoms with Crippen LogP contribution in [0.3, 0.4) is 0 Å². The van der Waals surface area contributed by atoms with E-state index >= 15 is 0 Å². The molecule has 0 saturated carbocycles. The molecule has 68 heavy (non-hydrogen) atoms. The van der Waals surface area contributed by atoms with Crippen molar-refractivity contribution >= 4 is 76.1 Å². The van der Waals surface area contributed by atoms with Crippen LogP contribution in [0.4, 0.5) is 0 Å². The molecular weight excluding hydrogens is 1050 g/mol. The van der Waals surface area contributed by atoms with Crippen LogP contribution in [0.1, 0.15) is 101 Å². The van der Waals surface area contributed by atoms with Crippen molar-refractivity contribution in [2.45, 2.75) is 144 Å². The van der Waals surface area contributed by atoms with Gasteiger partial charge in [0.15, 0.2) is 29.2 Å². The van der Waals surface area contributed by atoms with E-state index in [9.17, 15) is 26.4 Å². The van der Waals surface area contributed by atoms with E-state index in [2.05, 4.69) is 51.8 Å². The summed E-state index contributed by atoms with van der Waals surface area (Å²) in [6, 6.07) is 12.7. The molecule has 2 aromatic carbocycles. The average molecular weight is 1110 g/mol. The second-order valence-corrected chi connectivity index (χ2v) is 25.8. The molecule has 3 aliphatic heterocycles. The van der Waals surface area contributed by atoms with Gasteiger partial charge in [0.1, 0.15) is 20.4 Å². The zero-order valence-electron chi connectivity index (χ0n) is 40.4. The first-order chi connectivity index (χ1) is 31.5. The Morgan fingerprint density at radius 1 is 0.588 bits per heavy atom. The zero-order valence-corrected chi connectivity index (χ0v) is 45.2. The van der Waals surface area contributed by atoms with Crippen LogP contribution in [0.25, 0.3) is 11.3 Å². The fourth-order valence-electron chi connectivity index (χ4n) is 7.19. The molecule has 2 aromatic heterocycles. The minimum absolute atomic E-state index is 0.0588. The molecule has 5 heterocycles. The molecular formula is C47H61BBr2N4O12S2. The molecule has 0 atom stereocenters. The molecule has 370 valence electrons. The SMILES string of the molecule is CC(C)(C)OC(=O)C1(S(=O)(=O)c2ccc(-c3cnc(Br)cn3)cc2)CCOCC1.CC(C)(C)OC(=O)C1(S(=O)(=O)c2ccc(B3OC(C)(C)C(C)(C)O3)cc2)CCOCC1.Cc1cnc(Br)cn1. The maximum Gasteiger partial charge on any atom is 0.494 e. The summed E-state index contributed by atoms with van der Waals surface area (Å²) in [5.74, 6) is -1.45. The molecule has 3 saturated heterocycles. The van der Waals surface area contributed by atoms with Gasteiger partial charge in [-0.1, -0.05) is 24.3 Å². The molecule has 3 fully saturated rings. The third kappa shape index (κ3) is 12.8. The Morgan fingerprint density at radius 3 is 1.31 bits per heavy atom. The Bertz CT molecular complexity index is 2560. The molecule has 4 aromatic rings. The van der Waals surface area contributed by atoms with Crippen LogP contribution < -0.4 is 5.46 Å². The number of carbonyl (C=O) groups is 2. The lowest BCUT2D eigenvalue weighted by Crippen LogP contribution is -2.53. The summed E-state index contributed by atoms with van der Waals surface area (Å²) in [5.41, 5.74) is 0.424. The molecule has 16 nitrogen and oxygen atoms in total. The van der Waals surface area contributed by atoms with Crippen molar-refractivity contribution in [3.63, 3.8) is 0 Å². The highest BCUT2D eigenvalue weighted by molar-refractivity contribution is 9.10. The van der Waals surface area contributed by atoms with Gasteiger partial charge in [0.05, 0.1) is 51.0 Å². The van der Waals surface area contributed by atoms with E-state index in [1.807, 2.05) is 34.6 Å². The van der Waals surface area contributed by atoms with E-state index in [1.54, 1.807) is 90.6 Å². The summed E-state index contributed by atoms with van der Waals surface area (Å²) in [4.78, 5) is 42.5. The van der Waals surface area contributed by atoms with Gasteiger partial charge in [-0.25, -0.2) is 26.8 Å². The topological polar surface area (TPSA) is 209 Å². The van der Waals surface area contributed by atoms with Gasteiger partial charge in [-0.05, 0) is 138 Å². The Balaban J connectivity index is 0.000000218. The van der Waals surface area contributed by atoms with Crippen LogP contribution >= 0.6 is 31.9 Å². The Kier molecular flexibility index (Phi) is 17.3.